The standard InChI is InChI=1S/C34H46N6O8/c1-20(2)29(31(43)38-27(32(44)45)15-10-18-37-33(36)46)39-30(42)28(16-8-9-17-35)40(21(3)41)34(47)48-19-26-24-13-6-4-11-22(24)23-12-5-7-14-25(23)26/h4-7,11-14,20,26-29H,8-10,15-19,35H2,1-3H3,(H,38,43)(H,39,42)(H,44,45)(H3,36,37,46)/t27-,28-,29-/m0/s1. The highest BCUT2D eigenvalue weighted by Crippen LogP contribution is 2.44. The number of urea groups is 1. The third kappa shape index (κ3) is 9.77. The number of nitrogens with zero attached hydrogens (tertiary/aromatic N) is 1. The molecular formula is C34H46N6O8. The molecule has 0 radical (unpaired) electrons. The molecule has 14 heteroatoms. The molecule has 0 spiro atoms. The maximum absolute atomic E-state index is 13.8. The Balaban J connectivity index is 1.78. The monoisotopic (exact) mass is 666 g/mol. The van der Waals surface area contributed by atoms with Gasteiger partial charge in [0.05, 0.1) is 0 Å². The van der Waals surface area contributed by atoms with Crippen molar-refractivity contribution in [1.82, 2.24) is 20.9 Å². The molecule has 0 bridgehead atoms. The molecule has 2 aromatic carbocycles. The SMILES string of the molecule is CC(=O)N(C(=O)OCC1c2ccccc2-c2ccccc21)[C@@H](CCCCN)C(=O)N[C@H](C(=O)N[C@@H](CCCNC(N)=O)C(=O)O)C(C)C. The zero-order valence-electron chi connectivity index (χ0n) is 27.6. The molecule has 3 rings (SSSR count). The van der Waals surface area contributed by atoms with Gasteiger partial charge in [0.2, 0.25) is 17.7 Å². The van der Waals surface area contributed by atoms with Crippen molar-refractivity contribution in [2.75, 3.05) is 19.7 Å². The fourth-order valence-electron chi connectivity index (χ4n) is 5.82. The van der Waals surface area contributed by atoms with E-state index in [1.54, 1.807) is 13.8 Å². The van der Waals surface area contributed by atoms with Gasteiger partial charge < -0.3 is 37.3 Å². The van der Waals surface area contributed by atoms with Crippen molar-refractivity contribution in [3.8, 4) is 11.1 Å². The first-order chi connectivity index (χ1) is 22.9. The van der Waals surface area contributed by atoms with Crippen LogP contribution in [0.15, 0.2) is 48.5 Å². The maximum atomic E-state index is 13.8. The summed E-state index contributed by atoms with van der Waals surface area (Å²) in [5.74, 6) is -4.32. The molecule has 2 aromatic rings. The Morgan fingerprint density at radius 2 is 1.48 bits per heavy atom. The molecular weight excluding hydrogens is 620 g/mol. The third-order valence-electron chi connectivity index (χ3n) is 8.25. The number of nitrogens with one attached hydrogen (secondary N) is 3. The summed E-state index contributed by atoms with van der Waals surface area (Å²) in [5, 5.41) is 17.1. The van der Waals surface area contributed by atoms with Gasteiger partial charge in [-0.25, -0.2) is 19.3 Å². The lowest BCUT2D eigenvalue weighted by atomic mass is 9.98. The second-order valence-electron chi connectivity index (χ2n) is 12.1. The number of imide groups is 1. The second kappa shape index (κ2) is 17.8. The number of carboxylic acid groups (broad SMARTS) is 1. The summed E-state index contributed by atoms with van der Waals surface area (Å²) in [6.07, 6.45) is 0.174. The Labute approximate surface area is 279 Å². The largest absolute Gasteiger partial charge is 0.480 e. The lowest BCUT2D eigenvalue weighted by Gasteiger charge is -2.31. The van der Waals surface area contributed by atoms with E-state index in [2.05, 4.69) is 16.0 Å². The van der Waals surface area contributed by atoms with Gasteiger partial charge >= 0.3 is 18.1 Å². The Morgan fingerprint density at radius 3 is 2.00 bits per heavy atom. The zero-order chi connectivity index (χ0) is 35.4. The van der Waals surface area contributed by atoms with Crippen molar-refractivity contribution in [3.63, 3.8) is 0 Å². The maximum Gasteiger partial charge on any atom is 0.417 e. The summed E-state index contributed by atoms with van der Waals surface area (Å²) in [6, 6.07) is 11.0. The molecule has 3 atom stereocenters. The Hall–Kier alpha value is -4.98. The van der Waals surface area contributed by atoms with Crippen LogP contribution < -0.4 is 27.4 Å². The molecule has 0 unspecified atom stereocenters. The number of carbonyl (C=O) groups excluding carboxylic acids is 5. The van der Waals surface area contributed by atoms with Crippen LogP contribution in [0.5, 0.6) is 0 Å². The number of amides is 6. The Bertz CT molecular complexity index is 1440. The first-order valence-electron chi connectivity index (χ1n) is 16.1. The second-order valence-corrected chi connectivity index (χ2v) is 12.1. The van der Waals surface area contributed by atoms with Crippen LogP contribution in [-0.2, 0) is 23.9 Å². The number of carbonyl (C=O) groups is 6. The summed E-state index contributed by atoms with van der Waals surface area (Å²) in [6.45, 7) is 4.84. The number of fused-ring (bicyclic) bond motifs is 3. The number of rotatable bonds is 17. The molecule has 0 aliphatic heterocycles. The van der Waals surface area contributed by atoms with E-state index in [-0.39, 0.29) is 38.3 Å². The van der Waals surface area contributed by atoms with Crippen LogP contribution in [-0.4, -0.2) is 83.6 Å². The van der Waals surface area contributed by atoms with Crippen LogP contribution in [0.4, 0.5) is 9.59 Å². The minimum Gasteiger partial charge on any atom is -0.480 e. The average molecular weight is 667 g/mol. The third-order valence-corrected chi connectivity index (χ3v) is 8.25. The average Bonchev–Trinajstić information content (AvgIpc) is 3.36. The summed E-state index contributed by atoms with van der Waals surface area (Å²) in [7, 11) is 0. The van der Waals surface area contributed by atoms with E-state index < -0.39 is 59.9 Å². The molecule has 0 saturated carbocycles. The van der Waals surface area contributed by atoms with Crippen LogP contribution in [0, 0.1) is 5.92 Å². The molecule has 0 heterocycles. The molecule has 48 heavy (non-hydrogen) atoms. The Morgan fingerprint density at radius 1 is 0.875 bits per heavy atom. The molecule has 14 nitrogen and oxygen atoms in total. The highest BCUT2D eigenvalue weighted by Gasteiger charge is 2.38. The van der Waals surface area contributed by atoms with Crippen LogP contribution in [0.1, 0.15) is 69.9 Å². The van der Waals surface area contributed by atoms with Gasteiger partial charge in [0.25, 0.3) is 0 Å². The number of nitrogens with two attached hydrogens (primary N) is 2. The summed E-state index contributed by atoms with van der Waals surface area (Å²) in [4.78, 5) is 77.1. The summed E-state index contributed by atoms with van der Waals surface area (Å²) >= 11 is 0. The zero-order valence-corrected chi connectivity index (χ0v) is 27.6. The number of benzene rings is 2. The molecule has 0 fully saturated rings. The molecule has 0 saturated heterocycles. The van der Waals surface area contributed by atoms with Crippen molar-refractivity contribution in [3.05, 3.63) is 59.7 Å². The minimum absolute atomic E-state index is 0.0122. The van der Waals surface area contributed by atoms with E-state index >= 15 is 0 Å². The topological polar surface area (TPSA) is 223 Å². The van der Waals surface area contributed by atoms with Crippen LogP contribution in [0.2, 0.25) is 0 Å². The van der Waals surface area contributed by atoms with Crippen molar-refractivity contribution < 1.29 is 38.6 Å². The number of aliphatic carboxylic acids is 1. The van der Waals surface area contributed by atoms with Gasteiger partial charge in [-0.15, -0.1) is 0 Å². The Kier molecular flexibility index (Phi) is 13.9. The lowest BCUT2D eigenvalue weighted by molar-refractivity contribution is -0.143. The fourth-order valence-corrected chi connectivity index (χ4v) is 5.82. The van der Waals surface area contributed by atoms with Crippen LogP contribution >= 0.6 is 0 Å². The van der Waals surface area contributed by atoms with Crippen molar-refractivity contribution in [2.45, 2.75) is 76.9 Å². The first kappa shape index (κ1) is 37.5. The quantitative estimate of drug-likeness (QED) is 0.136. The highest BCUT2D eigenvalue weighted by molar-refractivity contribution is 5.99. The fraction of sp³-hybridized carbons (Fsp3) is 0.471. The predicted octanol–water partition coefficient (Wildman–Crippen LogP) is 2.44. The van der Waals surface area contributed by atoms with Crippen molar-refractivity contribution in [2.24, 2.45) is 17.4 Å². The van der Waals surface area contributed by atoms with Gasteiger partial charge in [0, 0.05) is 19.4 Å². The molecule has 260 valence electrons. The minimum atomic E-state index is -1.33. The number of ether oxygens (including phenoxy) is 1. The number of carboxylic acids is 1. The normalized spacial score (nSPS) is 13.8. The highest BCUT2D eigenvalue weighted by atomic mass is 16.6. The van der Waals surface area contributed by atoms with Gasteiger partial charge in [-0.1, -0.05) is 62.4 Å². The van der Waals surface area contributed by atoms with E-state index in [1.165, 1.54) is 0 Å². The van der Waals surface area contributed by atoms with Crippen molar-refractivity contribution in [1.29, 1.82) is 0 Å². The summed E-state index contributed by atoms with van der Waals surface area (Å²) in [5.41, 5.74) is 14.7. The number of primary amides is 1. The number of unbranched alkanes of at least 4 members (excludes halogenated alkanes) is 1. The predicted molar refractivity (Wildman–Crippen MR) is 177 cm³/mol. The van der Waals surface area contributed by atoms with Gasteiger partial charge in [-0.05, 0) is 66.8 Å². The molecule has 0 aromatic heterocycles. The van der Waals surface area contributed by atoms with Gasteiger partial charge in [0.15, 0.2) is 0 Å². The molecule has 1 aliphatic carbocycles. The van der Waals surface area contributed by atoms with E-state index in [1.807, 2.05) is 48.5 Å². The van der Waals surface area contributed by atoms with E-state index in [4.69, 9.17) is 16.2 Å². The van der Waals surface area contributed by atoms with Gasteiger partial charge in [0.1, 0.15) is 24.7 Å². The van der Waals surface area contributed by atoms with Crippen LogP contribution in [0.25, 0.3) is 11.1 Å². The molecule has 1 aliphatic rings. The molecule has 6 amide bonds. The number of hydrogen-bond acceptors (Lipinski definition) is 8. The number of hydrogen-bond donors (Lipinski definition) is 6. The van der Waals surface area contributed by atoms with E-state index in [0.717, 1.165) is 34.1 Å². The lowest BCUT2D eigenvalue weighted by Crippen LogP contribution is -2.58. The van der Waals surface area contributed by atoms with E-state index in [9.17, 15) is 33.9 Å². The first-order valence-corrected chi connectivity index (χ1v) is 16.1. The van der Waals surface area contributed by atoms with Crippen LogP contribution in [0.3, 0.4) is 0 Å². The summed E-state index contributed by atoms with van der Waals surface area (Å²) < 4.78 is 5.72. The van der Waals surface area contributed by atoms with E-state index in [0.29, 0.717) is 19.4 Å². The molecule has 8 N–H and O–H groups in total. The van der Waals surface area contributed by atoms with Crippen molar-refractivity contribution >= 4 is 35.8 Å². The smallest absolute Gasteiger partial charge is 0.417 e. The van der Waals surface area contributed by atoms with Gasteiger partial charge in [-0.3, -0.25) is 14.4 Å². The van der Waals surface area contributed by atoms with Gasteiger partial charge in [-0.2, -0.15) is 0 Å².